The summed E-state index contributed by atoms with van der Waals surface area (Å²) in [6.07, 6.45) is 5.40. The molecular weight excluding hydrogens is 372 g/mol. The summed E-state index contributed by atoms with van der Waals surface area (Å²) in [6.45, 7) is 1.50. The lowest BCUT2D eigenvalue weighted by Crippen LogP contribution is -2.17. The summed E-state index contributed by atoms with van der Waals surface area (Å²) in [5.74, 6) is -0.766. The highest BCUT2D eigenvalue weighted by Crippen LogP contribution is 2.22. The molecule has 0 bridgehead atoms. The summed E-state index contributed by atoms with van der Waals surface area (Å²) in [5.41, 5.74) is 0.538. The smallest absolute Gasteiger partial charge is 0.285 e. The maximum absolute atomic E-state index is 13.8. The number of carbonyl (C=O) groups excluding carboxylic acids is 2. The van der Waals surface area contributed by atoms with Crippen molar-refractivity contribution in [1.82, 2.24) is 4.57 Å². The van der Waals surface area contributed by atoms with E-state index in [2.05, 4.69) is 16.2 Å². The topological polar surface area (TPSA) is 63.5 Å². The van der Waals surface area contributed by atoms with Crippen molar-refractivity contribution in [3.63, 3.8) is 0 Å². The van der Waals surface area contributed by atoms with Gasteiger partial charge in [0.1, 0.15) is 17.2 Å². The van der Waals surface area contributed by atoms with E-state index in [1.165, 1.54) is 13.0 Å². The minimum absolute atomic E-state index is 0.116. The highest BCUT2D eigenvalue weighted by atomic mass is 32.1. The van der Waals surface area contributed by atoms with Crippen LogP contribution in [0, 0.1) is 24.0 Å². The second-order valence-corrected chi connectivity index (χ2v) is 6.56. The molecule has 5 nitrogen and oxygen atoms in total. The summed E-state index contributed by atoms with van der Waals surface area (Å²) in [4.78, 5) is 27.6. The Morgan fingerprint density at radius 2 is 1.96 bits per heavy atom. The van der Waals surface area contributed by atoms with Crippen LogP contribution in [0.25, 0.3) is 10.2 Å². The molecule has 3 rings (SSSR count). The molecule has 0 unspecified atom stereocenters. The third-order valence-electron chi connectivity index (χ3n) is 3.63. The van der Waals surface area contributed by atoms with E-state index in [-0.39, 0.29) is 17.3 Å². The van der Waals surface area contributed by atoms with Gasteiger partial charge in [-0.3, -0.25) is 9.59 Å². The van der Waals surface area contributed by atoms with Crippen LogP contribution in [0.5, 0.6) is 0 Å². The normalized spacial score (nSPS) is 11.4. The van der Waals surface area contributed by atoms with Crippen LogP contribution in [0.3, 0.4) is 0 Å². The maximum Gasteiger partial charge on any atom is 0.285 e. The Balaban J connectivity index is 2.16. The van der Waals surface area contributed by atoms with Crippen LogP contribution in [-0.2, 0) is 11.3 Å². The number of terminal acetylenes is 1. The highest BCUT2D eigenvalue weighted by molar-refractivity contribution is 7.16. The van der Waals surface area contributed by atoms with Gasteiger partial charge in [-0.1, -0.05) is 23.3 Å². The predicted molar refractivity (Wildman–Crippen MR) is 99.2 cm³/mol. The maximum atomic E-state index is 13.8. The number of rotatable bonds is 3. The lowest BCUT2D eigenvalue weighted by atomic mass is 10.2. The molecule has 0 aliphatic rings. The van der Waals surface area contributed by atoms with Crippen molar-refractivity contribution in [2.24, 2.45) is 4.99 Å². The number of hydrogen-bond donors (Lipinski definition) is 1. The molecule has 0 atom stereocenters. The van der Waals surface area contributed by atoms with Crippen LogP contribution < -0.4 is 10.1 Å². The Bertz CT molecular complexity index is 1150. The van der Waals surface area contributed by atoms with Gasteiger partial charge in [-0.2, -0.15) is 4.99 Å². The summed E-state index contributed by atoms with van der Waals surface area (Å²) in [7, 11) is 0. The molecule has 0 radical (unpaired) electrons. The lowest BCUT2D eigenvalue weighted by molar-refractivity contribution is -0.114. The number of halogens is 2. The average molecular weight is 385 g/mol. The molecule has 0 spiro atoms. The standard InChI is InChI=1S/C19H13F2N3O2S/c1-3-9-24-15-8-7-12(22-11(2)25)10-16(15)27-19(24)23-18(26)17-13(20)5-4-6-14(17)21/h1,4-8,10H,9H2,2H3,(H,22,25). The van der Waals surface area contributed by atoms with Crippen molar-refractivity contribution in [3.8, 4) is 12.3 Å². The molecule has 8 heteroatoms. The van der Waals surface area contributed by atoms with Gasteiger partial charge in [-0.25, -0.2) is 8.78 Å². The molecule has 0 aliphatic heterocycles. The first-order valence-corrected chi connectivity index (χ1v) is 8.60. The molecule has 1 N–H and O–H groups in total. The number of amides is 2. The number of benzene rings is 2. The molecule has 2 aromatic carbocycles. The van der Waals surface area contributed by atoms with Crippen molar-refractivity contribution < 1.29 is 18.4 Å². The third kappa shape index (κ3) is 3.78. The number of fused-ring (bicyclic) bond motifs is 1. The molecule has 2 amide bonds. The highest BCUT2D eigenvalue weighted by Gasteiger charge is 2.17. The Hall–Kier alpha value is -3.31. The average Bonchev–Trinajstić information content (AvgIpc) is 2.91. The quantitative estimate of drug-likeness (QED) is 0.703. The van der Waals surface area contributed by atoms with Crippen molar-refractivity contribution >= 4 is 39.1 Å². The second kappa shape index (κ2) is 7.51. The number of nitrogens with one attached hydrogen (secondary N) is 1. The fourth-order valence-electron chi connectivity index (χ4n) is 2.53. The Morgan fingerprint density at radius 3 is 2.59 bits per heavy atom. The van der Waals surface area contributed by atoms with Crippen molar-refractivity contribution in [3.05, 3.63) is 58.4 Å². The number of hydrogen-bond acceptors (Lipinski definition) is 3. The predicted octanol–water partition coefficient (Wildman–Crippen LogP) is 3.31. The van der Waals surface area contributed by atoms with Gasteiger partial charge < -0.3 is 9.88 Å². The zero-order chi connectivity index (χ0) is 19.6. The zero-order valence-corrected chi connectivity index (χ0v) is 14.9. The van der Waals surface area contributed by atoms with E-state index in [4.69, 9.17) is 6.42 Å². The lowest BCUT2D eigenvalue weighted by Gasteiger charge is -2.03. The fourth-order valence-corrected chi connectivity index (χ4v) is 3.60. The van der Waals surface area contributed by atoms with Crippen molar-refractivity contribution in [2.75, 3.05) is 5.32 Å². The number of nitrogens with zero attached hydrogens (tertiary/aromatic N) is 2. The van der Waals surface area contributed by atoms with Gasteiger partial charge in [0.25, 0.3) is 5.91 Å². The molecule has 0 saturated carbocycles. The number of anilines is 1. The van der Waals surface area contributed by atoms with Crippen molar-refractivity contribution in [1.29, 1.82) is 0 Å². The Morgan fingerprint density at radius 1 is 1.26 bits per heavy atom. The summed E-state index contributed by atoms with van der Waals surface area (Å²) in [5, 5.41) is 2.66. The second-order valence-electron chi connectivity index (χ2n) is 5.55. The molecular formula is C19H13F2N3O2S. The van der Waals surface area contributed by atoms with Gasteiger partial charge in [-0.15, -0.1) is 6.42 Å². The van der Waals surface area contributed by atoms with Gasteiger partial charge in [-0.05, 0) is 30.3 Å². The zero-order valence-electron chi connectivity index (χ0n) is 14.1. The van der Waals surface area contributed by atoms with Crippen LogP contribution in [0.4, 0.5) is 14.5 Å². The molecule has 0 aliphatic carbocycles. The van der Waals surface area contributed by atoms with Crippen LogP contribution in [-0.4, -0.2) is 16.4 Å². The first kappa shape index (κ1) is 18.5. The van der Waals surface area contributed by atoms with E-state index in [0.717, 1.165) is 23.5 Å². The van der Waals surface area contributed by atoms with Gasteiger partial charge in [0.15, 0.2) is 4.80 Å². The fraction of sp³-hybridized carbons (Fsp3) is 0.105. The van der Waals surface area contributed by atoms with Gasteiger partial charge in [0, 0.05) is 12.6 Å². The van der Waals surface area contributed by atoms with E-state index in [9.17, 15) is 18.4 Å². The minimum atomic E-state index is -1.04. The van der Waals surface area contributed by atoms with Gasteiger partial charge >= 0.3 is 0 Å². The molecule has 1 aromatic heterocycles. The Kier molecular flexibility index (Phi) is 5.14. The number of thiazole rings is 1. The van der Waals surface area contributed by atoms with E-state index in [0.29, 0.717) is 15.9 Å². The monoisotopic (exact) mass is 385 g/mol. The summed E-state index contributed by atoms with van der Waals surface area (Å²) >= 11 is 1.12. The van der Waals surface area contributed by atoms with Crippen LogP contribution >= 0.6 is 11.3 Å². The summed E-state index contributed by atoms with van der Waals surface area (Å²) in [6, 6.07) is 8.27. The largest absolute Gasteiger partial charge is 0.326 e. The van der Waals surface area contributed by atoms with Crippen LogP contribution in [0.1, 0.15) is 17.3 Å². The number of aromatic nitrogens is 1. The van der Waals surface area contributed by atoms with E-state index in [1.54, 1.807) is 22.8 Å². The van der Waals surface area contributed by atoms with E-state index in [1.807, 2.05) is 0 Å². The van der Waals surface area contributed by atoms with Crippen molar-refractivity contribution in [2.45, 2.75) is 13.5 Å². The first-order valence-electron chi connectivity index (χ1n) is 7.78. The molecule has 3 aromatic rings. The number of carbonyl (C=O) groups is 2. The molecule has 0 fully saturated rings. The molecule has 0 saturated heterocycles. The van der Waals surface area contributed by atoms with Gasteiger partial charge in [0.05, 0.1) is 16.8 Å². The third-order valence-corrected chi connectivity index (χ3v) is 4.67. The van der Waals surface area contributed by atoms with Gasteiger partial charge in [0.2, 0.25) is 5.91 Å². The minimum Gasteiger partial charge on any atom is -0.326 e. The van der Waals surface area contributed by atoms with Crippen LogP contribution in [0.15, 0.2) is 41.4 Å². The molecule has 1 heterocycles. The Labute approximate surface area is 157 Å². The SMILES string of the molecule is C#CCn1c(=NC(=O)c2c(F)cccc2F)sc2cc(NC(C)=O)ccc21. The first-order chi connectivity index (χ1) is 12.9. The molecule has 136 valence electrons. The van der Waals surface area contributed by atoms with E-state index >= 15 is 0 Å². The molecule has 27 heavy (non-hydrogen) atoms. The van der Waals surface area contributed by atoms with Crippen LogP contribution in [0.2, 0.25) is 0 Å². The summed E-state index contributed by atoms with van der Waals surface area (Å²) < 4.78 is 30.0. The van der Waals surface area contributed by atoms with E-state index < -0.39 is 23.1 Å².